The number of carbonyl (C=O) groups is 3. The van der Waals surface area contributed by atoms with Gasteiger partial charge >= 0.3 is 11.9 Å². The summed E-state index contributed by atoms with van der Waals surface area (Å²) in [6.07, 6.45) is 0. The number of rotatable bonds is 8. The summed E-state index contributed by atoms with van der Waals surface area (Å²) in [5, 5.41) is 19.7. The largest absolute Gasteiger partial charge is 0.482 e. The summed E-state index contributed by atoms with van der Waals surface area (Å²) in [5.74, 6) is -1.80. The van der Waals surface area contributed by atoms with Crippen LogP contribution in [0.15, 0.2) is 48.5 Å². The van der Waals surface area contributed by atoms with Crippen LogP contribution in [0.3, 0.4) is 0 Å². The third-order valence-corrected chi connectivity index (χ3v) is 2.95. The first-order chi connectivity index (χ1) is 11.9. The first-order valence-electron chi connectivity index (χ1n) is 7.15. The molecule has 3 N–H and O–H groups in total. The molecular weight excluding hydrogens is 330 g/mol. The molecule has 0 radical (unpaired) electrons. The predicted octanol–water partition coefficient (Wildman–Crippen LogP) is 1.87. The highest BCUT2D eigenvalue weighted by Crippen LogP contribution is 2.17. The maximum Gasteiger partial charge on any atom is 0.341 e. The smallest absolute Gasteiger partial charge is 0.341 e. The average Bonchev–Trinajstić information content (AvgIpc) is 2.59. The number of benzene rings is 2. The van der Waals surface area contributed by atoms with E-state index in [-0.39, 0.29) is 5.91 Å². The number of amides is 1. The minimum atomic E-state index is -1.09. The fraction of sp³-hybridized carbons (Fsp3) is 0.118. The Balaban J connectivity index is 1.92. The molecule has 0 bridgehead atoms. The number of carboxylic acids is 2. The summed E-state index contributed by atoms with van der Waals surface area (Å²) in [6, 6.07) is 12.3. The highest BCUT2D eigenvalue weighted by atomic mass is 16.5. The lowest BCUT2D eigenvalue weighted by Gasteiger charge is -2.08. The molecule has 0 saturated heterocycles. The SMILES string of the molecule is O=C(O)COc1ccc(NC(=O)c2ccc(OCC(=O)O)cc2)cc1. The van der Waals surface area contributed by atoms with Crippen LogP contribution in [0.1, 0.15) is 10.4 Å². The van der Waals surface area contributed by atoms with Crippen molar-refractivity contribution < 1.29 is 34.1 Å². The van der Waals surface area contributed by atoms with Gasteiger partial charge in [-0.2, -0.15) is 0 Å². The molecule has 0 saturated carbocycles. The molecule has 0 atom stereocenters. The third kappa shape index (κ3) is 5.87. The number of aliphatic carboxylic acids is 2. The number of ether oxygens (including phenoxy) is 2. The fourth-order valence-corrected chi connectivity index (χ4v) is 1.83. The second-order valence-corrected chi connectivity index (χ2v) is 4.87. The number of nitrogens with one attached hydrogen (secondary N) is 1. The second kappa shape index (κ2) is 8.34. The van der Waals surface area contributed by atoms with E-state index in [1.54, 1.807) is 24.3 Å². The normalized spacial score (nSPS) is 9.92. The number of carbonyl (C=O) groups excluding carboxylic acids is 1. The quantitative estimate of drug-likeness (QED) is 0.667. The van der Waals surface area contributed by atoms with Gasteiger partial charge in [0.05, 0.1) is 0 Å². The molecule has 0 fully saturated rings. The van der Waals surface area contributed by atoms with Crippen LogP contribution >= 0.6 is 0 Å². The van der Waals surface area contributed by atoms with Crippen LogP contribution in [0, 0.1) is 0 Å². The Morgan fingerprint density at radius 3 is 1.64 bits per heavy atom. The number of anilines is 1. The molecule has 8 nitrogen and oxygen atoms in total. The molecule has 0 aromatic heterocycles. The predicted molar refractivity (Wildman–Crippen MR) is 87.1 cm³/mol. The van der Waals surface area contributed by atoms with Gasteiger partial charge in [0.2, 0.25) is 0 Å². The lowest BCUT2D eigenvalue weighted by atomic mass is 10.2. The average molecular weight is 345 g/mol. The van der Waals surface area contributed by atoms with Crippen LogP contribution in [0.25, 0.3) is 0 Å². The molecule has 0 aliphatic heterocycles. The summed E-state index contributed by atoms with van der Waals surface area (Å²) in [6.45, 7) is -0.899. The number of hydrogen-bond acceptors (Lipinski definition) is 5. The highest BCUT2D eigenvalue weighted by Gasteiger charge is 2.07. The van der Waals surface area contributed by atoms with Gasteiger partial charge in [-0.1, -0.05) is 0 Å². The third-order valence-electron chi connectivity index (χ3n) is 2.95. The molecule has 2 aromatic carbocycles. The van der Waals surface area contributed by atoms with Gasteiger partial charge in [0.1, 0.15) is 11.5 Å². The van der Waals surface area contributed by atoms with Gasteiger partial charge < -0.3 is 25.0 Å². The molecule has 0 heterocycles. The Labute approximate surface area is 142 Å². The molecule has 130 valence electrons. The van der Waals surface area contributed by atoms with Gasteiger partial charge in [0, 0.05) is 11.3 Å². The summed E-state index contributed by atoms with van der Waals surface area (Å²) < 4.78 is 9.98. The molecule has 1 amide bonds. The summed E-state index contributed by atoms with van der Waals surface area (Å²) in [5.41, 5.74) is 0.882. The van der Waals surface area contributed by atoms with Crippen molar-refractivity contribution in [3.63, 3.8) is 0 Å². The Hall–Kier alpha value is -3.55. The highest BCUT2D eigenvalue weighted by molar-refractivity contribution is 6.04. The van der Waals surface area contributed by atoms with E-state index in [1.165, 1.54) is 24.3 Å². The zero-order chi connectivity index (χ0) is 18.2. The molecule has 0 spiro atoms. The molecule has 0 aliphatic rings. The van der Waals surface area contributed by atoms with Crippen molar-refractivity contribution in [3.8, 4) is 11.5 Å². The lowest BCUT2D eigenvalue weighted by molar-refractivity contribution is -0.140. The summed E-state index contributed by atoms with van der Waals surface area (Å²) >= 11 is 0. The van der Waals surface area contributed by atoms with Gasteiger partial charge in [-0.25, -0.2) is 9.59 Å². The summed E-state index contributed by atoms with van der Waals surface area (Å²) in [7, 11) is 0. The van der Waals surface area contributed by atoms with E-state index in [4.69, 9.17) is 19.7 Å². The number of carboxylic acid groups (broad SMARTS) is 2. The van der Waals surface area contributed by atoms with Gasteiger partial charge in [-0.3, -0.25) is 4.79 Å². The lowest BCUT2D eigenvalue weighted by Crippen LogP contribution is -2.12. The standard InChI is InChI=1S/C17H15NO7/c19-15(20)9-24-13-5-1-11(2-6-13)17(23)18-12-3-7-14(8-4-12)25-10-16(21)22/h1-8H,9-10H2,(H,18,23)(H,19,20)(H,21,22). The Kier molecular flexibility index (Phi) is 5.94. The van der Waals surface area contributed by atoms with Crippen molar-refractivity contribution in [2.45, 2.75) is 0 Å². The van der Waals surface area contributed by atoms with E-state index in [1.807, 2.05) is 0 Å². The van der Waals surface area contributed by atoms with Gasteiger partial charge in [-0.15, -0.1) is 0 Å². The van der Waals surface area contributed by atoms with Crippen LogP contribution in [0.4, 0.5) is 5.69 Å². The Bertz CT molecular complexity index is 754. The van der Waals surface area contributed by atoms with Crippen molar-refractivity contribution in [3.05, 3.63) is 54.1 Å². The number of hydrogen-bond donors (Lipinski definition) is 3. The van der Waals surface area contributed by atoms with E-state index >= 15 is 0 Å². The van der Waals surface area contributed by atoms with Crippen molar-refractivity contribution in [1.29, 1.82) is 0 Å². The van der Waals surface area contributed by atoms with Crippen molar-refractivity contribution in [1.82, 2.24) is 0 Å². The van der Waals surface area contributed by atoms with Gasteiger partial charge in [-0.05, 0) is 48.5 Å². The van der Waals surface area contributed by atoms with Crippen molar-refractivity contribution in [2.24, 2.45) is 0 Å². The van der Waals surface area contributed by atoms with Crippen LogP contribution < -0.4 is 14.8 Å². The molecule has 0 unspecified atom stereocenters. The Morgan fingerprint density at radius 1 is 0.760 bits per heavy atom. The van der Waals surface area contributed by atoms with E-state index < -0.39 is 25.2 Å². The Morgan fingerprint density at radius 2 is 1.20 bits per heavy atom. The van der Waals surface area contributed by atoms with E-state index in [0.717, 1.165) is 0 Å². The molecule has 2 aromatic rings. The van der Waals surface area contributed by atoms with Crippen molar-refractivity contribution >= 4 is 23.5 Å². The minimum absolute atomic E-state index is 0.346. The molecule has 2 rings (SSSR count). The van der Waals surface area contributed by atoms with E-state index in [9.17, 15) is 14.4 Å². The molecular formula is C17H15NO7. The zero-order valence-electron chi connectivity index (χ0n) is 13.0. The van der Waals surface area contributed by atoms with Gasteiger partial charge in [0.15, 0.2) is 13.2 Å². The maximum absolute atomic E-state index is 12.1. The molecule has 25 heavy (non-hydrogen) atoms. The zero-order valence-corrected chi connectivity index (χ0v) is 13.0. The topological polar surface area (TPSA) is 122 Å². The molecule has 0 aliphatic carbocycles. The molecule has 8 heteroatoms. The van der Waals surface area contributed by atoms with Crippen LogP contribution in [-0.4, -0.2) is 41.3 Å². The monoisotopic (exact) mass is 345 g/mol. The fourth-order valence-electron chi connectivity index (χ4n) is 1.83. The van der Waals surface area contributed by atoms with E-state index in [2.05, 4.69) is 5.32 Å². The first kappa shape index (κ1) is 17.8. The van der Waals surface area contributed by atoms with Crippen LogP contribution in [-0.2, 0) is 9.59 Å². The first-order valence-corrected chi connectivity index (χ1v) is 7.15. The van der Waals surface area contributed by atoms with Crippen LogP contribution in [0.5, 0.6) is 11.5 Å². The van der Waals surface area contributed by atoms with Crippen LogP contribution in [0.2, 0.25) is 0 Å². The van der Waals surface area contributed by atoms with Crippen molar-refractivity contribution in [2.75, 3.05) is 18.5 Å². The second-order valence-electron chi connectivity index (χ2n) is 4.87. The minimum Gasteiger partial charge on any atom is -0.482 e. The van der Waals surface area contributed by atoms with Gasteiger partial charge in [0.25, 0.3) is 5.91 Å². The van der Waals surface area contributed by atoms with E-state index in [0.29, 0.717) is 22.7 Å². The maximum atomic E-state index is 12.1. The summed E-state index contributed by atoms with van der Waals surface area (Å²) in [4.78, 5) is 33.0.